The van der Waals surface area contributed by atoms with E-state index in [0.29, 0.717) is 6.61 Å². The third kappa shape index (κ3) is 7.53. The Morgan fingerprint density at radius 2 is 1.56 bits per heavy atom. The van der Waals surface area contributed by atoms with Crippen LogP contribution in [0.3, 0.4) is 0 Å². The van der Waals surface area contributed by atoms with Crippen LogP contribution in [-0.2, 0) is 9.47 Å². The van der Waals surface area contributed by atoms with Crippen LogP contribution < -0.4 is 18.9 Å². The predicted octanol–water partition coefficient (Wildman–Crippen LogP) is 6.35. The Labute approximate surface area is 205 Å². The fourth-order valence-corrected chi connectivity index (χ4v) is 3.60. The Hall–Kier alpha value is -2.45. The first kappa shape index (κ1) is 27.8. The average Bonchev–Trinajstić information content (AvgIpc) is 2.69. The summed E-state index contributed by atoms with van der Waals surface area (Å²) < 4.78 is 35.8. The van der Waals surface area contributed by atoms with Gasteiger partial charge in [0.25, 0.3) is 0 Å². The van der Waals surface area contributed by atoms with E-state index in [-0.39, 0.29) is 35.4 Å². The molecule has 1 aliphatic rings. The second-order valence-electron chi connectivity index (χ2n) is 11.1. The lowest BCUT2D eigenvalue weighted by molar-refractivity contribution is -0.129. The van der Waals surface area contributed by atoms with Crippen LogP contribution in [0.25, 0.3) is 0 Å². The minimum atomic E-state index is -1.24. The van der Waals surface area contributed by atoms with Gasteiger partial charge in [0.1, 0.15) is 16.8 Å². The normalized spacial score (nSPS) is 15.5. The van der Waals surface area contributed by atoms with Gasteiger partial charge in [-0.25, -0.2) is 4.79 Å². The smallest absolute Gasteiger partial charge is 0.345 e. The Kier molecular flexibility index (Phi) is 8.20. The van der Waals surface area contributed by atoms with Crippen LogP contribution in [0.2, 0.25) is 25.7 Å². The van der Waals surface area contributed by atoms with Gasteiger partial charge in [0, 0.05) is 34.6 Å². The van der Waals surface area contributed by atoms with Crippen molar-refractivity contribution in [1.29, 1.82) is 0 Å². The summed E-state index contributed by atoms with van der Waals surface area (Å²) in [6.07, 6.45) is 3.32. The van der Waals surface area contributed by atoms with Crippen LogP contribution in [0.5, 0.6) is 23.0 Å². The SMILES string of the molecule is C=CC(C)(C)Oc1c(OCOCC[Si](C)(C)C)cc2c(c1OC(C)(C)C=C)OC(C)(C)OC2=O. The molecule has 0 bridgehead atoms. The lowest BCUT2D eigenvalue weighted by Gasteiger charge is -2.36. The Bertz CT molecular complexity index is 926. The van der Waals surface area contributed by atoms with Crippen LogP contribution in [0.4, 0.5) is 0 Å². The number of benzene rings is 1. The molecule has 0 aromatic heterocycles. The third-order valence-electron chi connectivity index (χ3n) is 5.07. The lowest BCUT2D eigenvalue weighted by Crippen LogP contribution is -2.39. The molecule has 0 radical (unpaired) electrons. The van der Waals surface area contributed by atoms with Gasteiger partial charge in [-0.2, -0.15) is 0 Å². The number of cyclic esters (lactones) is 1. The maximum absolute atomic E-state index is 12.9. The molecule has 0 amide bonds. The second kappa shape index (κ2) is 10.0. The zero-order chi connectivity index (χ0) is 25.9. The molecule has 1 aromatic carbocycles. The van der Waals surface area contributed by atoms with E-state index in [1.54, 1.807) is 26.0 Å². The largest absolute Gasteiger partial charge is 0.476 e. The van der Waals surface area contributed by atoms with Crippen molar-refractivity contribution in [3.8, 4) is 23.0 Å². The molecule has 0 spiro atoms. The van der Waals surface area contributed by atoms with Gasteiger partial charge in [-0.3, -0.25) is 0 Å². The highest BCUT2D eigenvalue weighted by Crippen LogP contribution is 2.52. The zero-order valence-corrected chi connectivity index (χ0v) is 23.1. The molecule has 1 aromatic rings. The highest BCUT2D eigenvalue weighted by atomic mass is 28.3. The van der Waals surface area contributed by atoms with Gasteiger partial charge in [-0.1, -0.05) is 32.8 Å². The summed E-state index contributed by atoms with van der Waals surface area (Å²) in [4.78, 5) is 12.9. The molecule has 0 aliphatic carbocycles. The van der Waals surface area contributed by atoms with Gasteiger partial charge in [0.2, 0.25) is 17.3 Å². The summed E-state index contributed by atoms with van der Waals surface area (Å²) in [6.45, 7) is 25.8. The molecule has 2 rings (SSSR count). The minimum Gasteiger partial charge on any atom is -0.476 e. The van der Waals surface area contributed by atoms with Crippen molar-refractivity contribution >= 4 is 14.0 Å². The molecule has 7 nitrogen and oxygen atoms in total. The molecule has 1 aliphatic heterocycles. The van der Waals surface area contributed by atoms with Crippen molar-refractivity contribution in [2.24, 2.45) is 0 Å². The predicted molar refractivity (Wildman–Crippen MR) is 136 cm³/mol. The van der Waals surface area contributed by atoms with Gasteiger partial charge in [-0.15, -0.1) is 0 Å². The van der Waals surface area contributed by atoms with Crippen LogP contribution in [-0.4, -0.2) is 44.4 Å². The molecular weight excluding hydrogens is 452 g/mol. The van der Waals surface area contributed by atoms with Crippen molar-refractivity contribution in [3.63, 3.8) is 0 Å². The lowest BCUT2D eigenvalue weighted by atomic mass is 10.1. The maximum atomic E-state index is 12.9. The minimum absolute atomic E-state index is 0.0141. The average molecular weight is 493 g/mol. The first-order valence-electron chi connectivity index (χ1n) is 11.5. The van der Waals surface area contributed by atoms with E-state index in [2.05, 4.69) is 32.8 Å². The summed E-state index contributed by atoms with van der Waals surface area (Å²) in [5, 5.41) is 0. The Morgan fingerprint density at radius 3 is 2.09 bits per heavy atom. The second-order valence-corrected chi connectivity index (χ2v) is 16.7. The Balaban J connectivity index is 2.58. The van der Waals surface area contributed by atoms with Crippen LogP contribution >= 0.6 is 0 Å². The molecule has 8 heteroatoms. The van der Waals surface area contributed by atoms with Gasteiger partial charge in [0.15, 0.2) is 18.3 Å². The number of carbonyl (C=O) groups is 1. The summed E-state index contributed by atoms with van der Waals surface area (Å²) in [5.41, 5.74) is -1.40. The monoisotopic (exact) mass is 492 g/mol. The number of fused-ring (bicyclic) bond motifs is 1. The van der Waals surface area contributed by atoms with Crippen LogP contribution in [0, 0.1) is 0 Å². The number of hydrogen-bond acceptors (Lipinski definition) is 7. The number of hydrogen-bond donors (Lipinski definition) is 0. The molecule has 34 heavy (non-hydrogen) atoms. The van der Waals surface area contributed by atoms with E-state index in [4.69, 9.17) is 28.4 Å². The first-order valence-corrected chi connectivity index (χ1v) is 15.2. The molecule has 0 saturated carbocycles. The van der Waals surface area contributed by atoms with Gasteiger partial charge >= 0.3 is 5.97 Å². The van der Waals surface area contributed by atoms with E-state index < -0.39 is 31.0 Å². The number of ether oxygens (including phenoxy) is 6. The van der Waals surface area contributed by atoms with Gasteiger partial charge in [0.05, 0.1) is 0 Å². The molecular formula is C26H40O7Si. The van der Waals surface area contributed by atoms with Crippen LogP contribution in [0.1, 0.15) is 51.9 Å². The highest BCUT2D eigenvalue weighted by molar-refractivity contribution is 6.76. The van der Waals surface area contributed by atoms with Gasteiger partial charge in [-0.05, 0) is 45.9 Å². The molecule has 0 atom stereocenters. The summed E-state index contributed by atoms with van der Waals surface area (Å²) in [7, 11) is -1.24. The van der Waals surface area contributed by atoms with E-state index >= 15 is 0 Å². The third-order valence-corrected chi connectivity index (χ3v) is 6.77. The van der Waals surface area contributed by atoms with Crippen molar-refractivity contribution in [2.45, 2.75) is 84.2 Å². The van der Waals surface area contributed by atoms with E-state index in [9.17, 15) is 4.79 Å². The highest BCUT2D eigenvalue weighted by Gasteiger charge is 2.40. The van der Waals surface area contributed by atoms with Crippen molar-refractivity contribution in [1.82, 2.24) is 0 Å². The molecule has 1 heterocycles. The van der Waals surface area contributed by atoms with Crippen molar-refractivity contribution in [2.75, 3.05) is 13.4 Å². The first-order chi connectivity index (χ1) is 15.5. The van der Waals surface area contributed by atoms with E-state index in [0.717, 1.165) is 6.04 Å². The summed E-state index contributed by atoms with van der Waals surface area (Å²) >= 11 is 0. The standard InChI is InChI=1S/C26H40O7Si/c1-12-24(3,4)30-21-19(29-17-28-14-15-34(9,10)11)16-18-20(22(21)31-25(5,6)13-2)32-26(7,8)33-23(18)27/h12-13,16H,1-2,14-15,17H2,3-11H3. The zero-order valence-electron chi connectivity index (χ0n) is 22.1. The summed E-state index contributed by atoms with van der Waals surface area (Å²) in [5.74, 6) is -0.743. The van der Waals surface area contributed by atoms with Crippen molar-refractivity contribution < 1.29 is 33.2 Å². The number of rotatable bonds is 12. The fraction of sp³-hybridized carbons (Fsp3) is 0.577. The quantitative estimate of drug-likeness (QED) is 0.111. The molecule has 0 N–H and O–H groups in total. The van der Waals surface area contributed by atoms with E-state index in [1.807, 2.05) is 27.7 Å². The Morgan fingerprint density at radius 1 is 1.00 bits per heavy atom. The number of esters is 1. The molecule has 0 unspecified atom stereocenters. The van der Waals surface area contributed by atoms with Crippen molar-refractivity contribution in [3.05, 3.63) is 36.9 Å². The molecule has 0 saturated heterocycles. The number of carbonyl (C=O) groups excluding carboxylic acids is 1. The topological polar surface area (TPSA) is 72.5 Å². The molecule has 190 valence electrons. The summed E-state index contributed by atoms with van der Waals surface area (Å²) in [6, 6.07) is 2.54. The molecule has 0 fully saturated rings. The van der Waals surface area contributed by atoms with Gasteiger partial charge < -0.3 is 28.4 Å². The maximum Gasteiger partial charge on any atom is 0.345 e. The fourth-order valence-electron chi connectivity index (χ4n) is 2.85. The van der Waals surface area contributed by atoms with E-state index in [1.165, 1.54) is 6.07 Å². The van der Waals surface area contributed by atoms with Crippen LogP contribution in [0.15, 0.2) is 31.4 Å².